The van der Waals surface area contributed by atoms with Gasteiger partial charge in [-0.3, -0.25) is 9.89 Å². The Hall–Kier alpha value is -1.44. The zero-order chi connectivity index (χ0) is 14.8. The minimum Gasteiger partial charge on any atom is -0.334 e. The highest BCUT2D eigenvalue weighted by Crippen LogP contribution is 2.19. The third kappa shape index (κ3) is 3.31. The summed E-state index contributed by atoms with van der Waals surface area (Å²) in [6.45, 7) is 4.27. The number of H-pyrrole nitrogens is 1. The summed E-state index contributed by atoms with van der Waals surface area (Å²) in [5.41, 5.74) is 2.62. The Kier molecular flexibility index (Phi) is 5.55. The first-order chi connectivity index (χ1) is 10.2. The van der Waals surface area contributed by atoms with Crippen molar-refractivity contribution in [1.82, 2.24) is 25.4 Å². The molecule has 0 bridgehead atoms. The standard InChI is InChI=1S/C14H19N5OS.ClH/c1-3-9-6-16-12(21-9)8-19(2)14(20)13-10-7-15-5-4-11(10)17-18-13;/h6,15H,3-5,7-8H2,1-2H3,(H,17,18);1H. The molecule has 0 saturated heterocycles. The van der Waals surface area contributed by atoms with Crippen LogP contribution in [0.15, 0.2) is 6.20 Å². The average molecular weight is 342 g/mol. The van der Waals surface area contributed by atoms with E-state index in [4.69, 9.17) is 0 Å². The molecule has 0 unspecified atom stereocenters. The van der Waals surface area contributed by atoms with E-state index in [0.717, 1.165) is 35.7 Å². The second-order valence-electron chi connectivity index (χ2n) is 5.19. The zero-order valence-corrected chi connectivity index (χ0v) is 14.3. The Morgan fingerprint density at radius 1 is 1.50 bits per heavy atom. The number of carbonyl (C=O) groups excluding carboxylic acids is 1. The molecule has 2 N–H and O–H groups in total. The molecule has 1 aliphatic heterocycles. The third-order valence-electron chi connectivity index (χ3n) is 3.68. The molecule has 1 aliphatic rings. The van der Waals surface area contributed by atoms with Gasteiger partial charge < -0.3 is 10.2 Å². The van der Waals surface area contributed by atoms with Crippen LogP contribution in [0.25, 0.3) is 0 Å². The van der Waals surface area contributed by atoms with Gasteiger partial charge in [-0.15, -0.1) is 23.7 Å². The third-order valence-corrected chi connectivity index (χ3v) is 4.80. The second kappa shape index (κ2) is 7.21. The number of hydrogen-bond donors (Lipinski definition) is 2. The van der Waals surface area contributed by atoms with Crippen molar-refractivity contribution in [1.29, 1.82) is 0 Å². The number of halogens is 1. The highest BCUT2D eigenvalue weighted by atomic mass is 35.5. The number of amides is 1. The van der Waals surface area contributed by atoms with Crippen molar-refractivity contribution in [3.8, 4) is 0 Å². The van der Waals surface area contributed by atoms with Gasteiger partial charge in [0.15, 0.2) is 5.69 Å². The number of carbonyl (C=O) groups is 1. The van der Waals surface area contributed by atoms with Gasteiger partial charge in [-0.1, -0.05) is 6.92 Å². The van der Waals surface area contributed by atoms with Crippen LogP contribution in [0.2, 0.25) is 0 Å². The van der Waals surface area contributed by atoms with E-state index in [-0.39, 0.29) is 18.3 Å². The fourth-order valence-corrected chi connectivity index (χ4v) is 3.36. The summed E-state index contributed by atoms with van der Waals surface area (Å²) in [6.07, 6.45) is 3.76. The van der Waals surface area contributed by atoms with Crippen LogP contribution < -0.4 is 5.32 Å². The molecule has 120 valence electrons. The van der Waals surface area contributed by atoms with Gasteiger partial charge >= 0.3 is 0 Å². The predicted molar refractivity (Wildman–Crippen MR) is 88.5 cm³/mol. The topological polar surface area (TPSA) is 73.9 Å². The van der Waals surface area contributed by atoms with Gasteiger partial charge in [0.2, 0.25) is 0 Å². The maximum Gasteiger partial charge on any atom is 0.274 e. The Morgan fingerprint density at radius 3 is 3.05 bits per heavy atom. The molecule has 1 amide bonds. The van der Waals surface area contributed by atoms with Crippen LogP contribution in [0, 0.1) is 0 Å². The van der Waals surface area contributed by atoms with Crippen molar-refractivity contribution >= 4 is 29.7 Å². The lowest BCUT2D eigenvalue weighted by atomic mass is 10.1. The van der Waals surface area contributed by atoms with E-state index >= 15 is 0 Å². The summed E-state index contributed by atoms with van der Waals surface area (Å²) in [5, 5.41) is 11.4. The zero-order valence-electron chi connectivity index (χ0n) is 12.7. The number of hydrogen-bond acceptors (Lipinski definition) is 5. The fraction of sp³-hybridized carbons (Fsp3) is 0.500. The average Bonchev–Trinajstić information content (AvgIpc) is 3.12. The minimum absolute atomic E-state index is 0. The first-order valence-electron chi connectivity index (χ1n) is 7.15. The number of nitrogens with one attached hydrogen (secondary N) is 2. The van der Waals surface area contributed by atoms with Crippen LogP contribution in [0.4, 0.5) is 0 Å². The van der Waals surface area contributed by atoms with Gasteiger partial charge in [0.25, 0.3) is 5.91 Å². The molecule has 3 rings (SSSR count). The van der Waals surface area contributed by atoms with E-state index in [1.807, 2.05) is 6.20 Å². The lowest BCUT2D eigenvalue weighted by molar-refractivity contribution is 0.0778. The second-order valence-corrected chi connectivity index (χ2v) is 6.39. The van der Waals surface area contributed by atoms with Crippen LogP contribution in [0.5, 0.6) is 0 Å². The summed E-state index contributed by atoms with van der Waals surface area (Å²) in [7, 11) is 1.80. The molecule has 0 aliphatic carbocycles. The van der Waals surface area contributed by atoms with Crippen molar-refractivity contribution < 1.29 is 4.79 Å². The highest BCUT2D eigenvalue weighted by molar-refractivity contribution is 7.11. The Labute approximate surface area is 139 Å². The molecule has 0 spiro atoms. The van der Waals surface area contributed by atoms with E-state index < -0.39 is 0 Å². The molecule has 22 heavy (non-hydrogen) atoms. The molecule has 6 nitrogen and oxygen atoms in total. The Morgan fingerprint density at radius 2 is 2.32 bits per heavy atom. The molecule has 0 atom stereocenters. The number of fused-ring (bicyclic) bond motifs is 1. The maximum absolute atomic E-state index is 12.6. The molecule has 8 heteroatoms. The molecule has 3 heterocycles. The molecule has 2 aromatic heterocycles. The normalized spacial score (nSPS) is 13.4. The van der Waals surface area contributed by atoms with E-state index in [1.165, 1.54) is 4.88 Å². The van der Waals surface area contributed by atoms with Crippen molar-refractivity contribution in [2.75, 3.05) is 13.6 Å². The number of thiazole rings is 1. The number of nitrogens with zero attached hydrogens (tertiary/aromatic N) is 3. The monoisotopic (exact) mass is 341 g/mol. The maximum atomic E-state index is 12.6. The van der Waals surface area contributed by atoms with Crippen molar-refractivity contribution in [2.24, 2.45) is 0 Å². The van der Waals surface area contributed by atoms with Gasteiger partial charge in [-0.05, 0) is 6.42 Å². The number of aromatic nitrogens is 3. The van der Waals surface area contributed by atoms with Gasteiger partial charge in [0.1, 0.15) is 5.01 Å². The highest BCUT2D eigenvalue weighted by Gasteiger charge is 2.24. The number of aryl methyl sites for hydroxylation is 1. The summed E-state index contributed by atoms with van der Waals surface area (Å²) >= 11 is 1.66. The van der Waals surface area contributed by atoms with E-state index in [0.29, 0.717) is 18.8 Å². The summed E-state index contributed by atoms with van der Waals surface area (Å²) in [4.78, 5) is 19.8. The molecular weight excluding hydrogens is 322 g/mol. The van der Waals surface area contributed by atoms with Crippen molar-refractivity contribution in [3.63, 3.8) is 0 Å². The van der Waals surface area contributed by atoms with Gasteiger partial charge in [0, 0.05) is 48.9 Å². The summed E-state index contributed by atoms with van der Waals surface area (Å²) in [5.74, 6) is -0.0514. The fourth-order valence-electron chi connectivity index (χ4n) is 2.44. The smallest absolute Gasteiger partial charge is 0.274 e. The molecule has 0 aromatic carbocycles. The lowest BCUT2D eigenvalue weighted by Gasteiger charge is -2.17. The quantitative estimate of drug-likeness (QED) is 0.888. The van der Waals surface area contributed by atoms with Gasteiger partial charge in [-0.25, -0.2) is 4.98 Å². The van der Waals surface area contributed by atoms with Gasteiger partial charge in [0.05, 0.1) is 6.54 Å². The van der Waals surface area contributed by atoms with Gasteiger partial charge in [-0.2, -0.15) is 5.10 Å². The molecule has 0 radical (unpaired) electrons. The Balaban J connectivity index is 0.00000176. The van der Waals surface area contributed by atoms with Crippen LogP contribution in [0.3, 0.4) is 0 Å². The van der Waals surface area contributed by atoms with E-state index in [2.05, 4.69) is 27.4 Å². The van der Waals surface area contributed by atoms with E-state index in [9.17, 15) is 4.79 Å². The Bertz CT molecular complexity index is 653. The van der Waals surface area contributed by atoms with Crippen LogP contribution in [-0.4, -0.2) is 39.6 Å². The van der Waals surface area contributed by atoms with Crippen molar-refractivity contribution in [2.45, 2.75) is 32.9 Å². The molecule has 0 saturated carbocycles. The first kappa shape index (κ1) is 16.9. The number of rotatable bonds is 4. The summed E-state index contributed by atoms with van der Waals surface area (Å²) < 4.78 is 0. The lowest BCUT2D eigenvalue weighted by Crippen LogP contribution is -2.29. The molecule has 0 fully saturated rings. The number of aromatic amines is 1. The van der Waals surface area contributed by atoms with Crippen LogP contribution in [0.1, 0.15) is 38.6 Å². The molecule has 2 aromatic rings. The molecular formula is C14H20ClN5OS. The van der Waals surface area contributed by atoms with Crippen molar-refractivity contribution in [3.05, 3.63) is 33.0 Å². The SMILES string of the molecule is CCc1cnc(CN(C)C(=O)c2n[nH]c3c2CNCC3)s1.Cl. The van der Waals surface area contributed by atoms with E-state index in [1.54, 1.807) is 23.3 Å². The van der Waals surface area contributed by atoms with Crippen LogP contribution >= 0.6 is 23.7 Å². The first-order valence-corrected chi connectivity index (χ1v) is 7.96. The summed E-state index contributed by atoms with van der Waals surface area (Å²) in [6, 6.07) is 0. The largest absolute Gasteiger partial charge is 0.334 e. The predicted octanol–water partition coefficient (Wildman–Crippen LogP) is 1.77. The van der Waals surface area contributed by atoms with Crippen LogP contribution in [-0.2, 0) is 25.9 Å². The minimum atomic E-state index is -0.0514.